The fourth-order valence-electron chi connectivity index (χ4n) is 9.08. The lowest BCUT2D eigenvalue weighted by molar-refractivity contribution is -0.134. The molecule has 0 aliphatic carbocycles. The van der Waals surface area contributed by atoms with Gasteiger partial charge in [0.1, 0.15) is 23.9 Å². The summed E-state index contributed by atoms with van der Waals surface area (Å²) in [5, 5.41) is 35.4. The van der Waals surface area contributed by atoms with Crippen molar-refractivity contribution in [2.75, 3.05) is 56.0 Å². The van der Waals surface area contributed by atoms with Crippen LogP contribution in [0, 0.1) is 12.3 Å². The van der Waals surface area contributed by atoms with Gasteiger partial charge in [-0.3, -0.25) is 34.3 Å². The normalized spacial score (nSPS) is 13.8. The number of amides is 5. The number of piperazine rings is 1. The molecule has 1 fully saturated rings. The molecule has 0 unspecified atom stereocenters. The largest absolute Gasteiger partial charge is 0.508 e. The molecule has 5 aromatic carbocycles. The Bertz CT molecular complexity index is 2850. The summed E-state index contributed by atoms with van der Waals surface area (Å²) in [7, 11) is 0. The van der Waals surface area contributed by atoms with Crippen LogP contribution in [0.4, 0.5) is 11.4 Å². The number of fused-ring (bicyclic) bond motifs is 1. The van der Waals surface area contributed by atoms with E-state index in [-0.39, 0.29) is 50.5 Å². The molecule has 0 spiro atoms. The van der Waals surface area contributed by atoms with E-state index in [2.05, 4.69) is 77.9 Å². The summed E-state index contributed by atoms with van der Waals surface area (Å²) < 4.78 is 0. The molecule has 1 aliphatic rings. The van der Waals surface area contributed by atoms with Crippen molar-refractivity contribution in [3.05, 3.63) is 150 Å². The number of guanidine groups is 1. The average Bonchev–Trinajstić information content (AvgIpc) is 3.81. The number of aromatic amines is 1. The van der Waals surface area contributed by atoms with E-state index in [0.717, 1.165) is 55.1 Å². The third-order valence-electron chi connectivity index (χ3n) is 13.3. The van der Waals surface area contributed by atoms with E-state index in [1.54, 1.807) is 24.4 Å². The molecule has 6 aromatic rings. The standard InChI is InChI=1S/C57H70N12O6/c1-38-12-14-40(15-13-38)37-68-28-30-69(31-29-68)45-22-20-44(21-23-45)64-53(72)36-63-54(73)49(10-5-6-27-61-57(59)60)66-55(74)50(32-39-16-18-42(19-17-39)41-8-3-2-4-9-41)67-56(75)51(65-52(71)11-7-26-58)33-43-35-62-48-25-24-46(70)34-47(43)48/h2-4,8-9,12-25,34-35,49-51,62,70H,5-7,10-11,26-33,36-37,58H2,1H3,(H,63,73)(H,64,72)(H,65,71)(H,66,74)(H,67,75)(H4,59,60,61)/t49-,50-,51-/m0/s1. The summed E-state index contributed by atoms with van der Waals surface area (Å²) in [6, 6.07) is 34.9. The highest BCUT2D eigenvalue weighted by molar-refractivity contribution is 5.98. The van der Waals surface area contributed by atoms with Gasteiger partial charge in [-0.05, 0) is 109 Å². The molecule has 75 heavy (non-hydrogen) atoms. The summed E-state index contributed by atoms with van der Waals surface area (Å²) in [4.78, 5) is 77.5. The summed E-state index contributed by atoms with van der Waals surface area (Å²) >= 11 is 0. The summed E-state index contributed by atoms with van der Waals surface area (Å²) in [6.45, 7) is 6.84. The van der Waals surface area contributed by atoms with Crippen molar-refractivity contribution in [3.63, 3.8) is 0 Å². The number of benzene rings is 5. The lowest BCUT2D eigenvalue weighted by Crippen LogP contribution is -2.58. The Morgan fingerprint density at radius 3 is 2.05 bits per heavy atom. The van der Waals surface area contributed by atoms with E-state index in [9.17, 15) is 29.1 Å². The topological polar surface area (TPSA) is 276 Å². The number of unbranched alkanes of at least 4 members (excludes halogenated alkanes) is 1. The van der Waals surface area contributed by atoms with Crippen molar-refractivity contribution in [2.24, 2.45) is 11.5 Å². The van der Waals surface area contributed by atoms with Crippen LogP contribution in [0.25, 0.3) is 22.0 Å². The van der Waals surface area contributed by atoms with Crippen molar-refractivity contribution < 1.29 is 29.1 Å². The Labute approximate surface area is 437 Å². The fraction of sp³-hybridized carbons (Fsp3) is 0.333. The maximum Gasteiger partial charge on any atom is 0.243 e. The van der Waals surface area contributed by atoms with Gasteiger partial charge < -0.3 is 58.4 Å². The van der Waals surface area contributed by atoms with Crippen LogP contribution in [0.3, 0.4) is 0 Å². The number of nitrogens with zero attached hydrogens (tertiary/aromatic N) is 2. The number of hydrogen-bond acceptors (Lipinski definition) is 10. The number of aromatic hydroxyl groups is 1. The van der Waals surface area contributed by atoms with Gasteiger partial charge in [0.2, 0.25) is 29.5 Å². The first-order valence-electron chi connectivity index (χ1n) is 25.6. The molecule has 13 N–H and O–H groups in total. The number of rotatable bonds is 25. The predicted molar refractivity (Wildman–Crippen MR) is 294 cm³/mol. The number of aromatic nitrogens is 1. The van der Waals surface area contributed by atoms with E-state index in [1.807, 2.05) is 78.9 Å². The molecular formula is C57H70N12O6. The Balaban J connectivity index is 1.03. The second-order valence-corrected chi connectivity index (χ2v) is 19.0. The number of anilines is 2. The number of H-pyrrole nitrogens is 1. The van der Waals surface area contributed by atoms with Gasteiger partial charge in [-0.25, -0.2) is 0 Å². The molecule has 18 heteroatoms. The molecule has 5 amide bonds. The van der Waals surface area contributed by atoms with Crippen LogP contribution < -0.4 is 48.3 Å². The van der Waals surface area contributed by atoms with Crippen LogP contribution in [0.1, 0.15) is 54.4 Å². The van der Waals surface area contributed by atoms with Crippen molar-refractivity contribution >= 4 is 57.8 Å². The minimum Gasteiger partial charge on any atom is -0.508 e. The van der Waals surface area contributed by atoms with Crippen LogP contribution in [-0.4, -0.2) is 114 Å². The van der Waals surface area contributed by atoms with E-state index in [1.165, 1.54) is 11.1 Å². The molecule has 0 radical (unpaired) electrons. The monoisotopic (exact) mass is 1020 g/mol. The first-order chi connectivity index (χ1) is 36.3. The number of nitrogens with one attached hydrogen (secondary N) is 8. The number of phenols is 1. The minimum absolute atomic E-state index is 0.0159. The molecular weight excluding hydrogens is 949 g/mol. The number of aryl methyl sites for hydroxylation is 1. The van der Waals surface area contributed by atoms with E-state index >= 15 is 0 Å². The minimum atomic E-state index is -1.24. The first kappa shape index (κ1) is 54.6. The van der Waals surface area contributed by atoms with Gasteiger partial charge >= 0.3 is 0 Å². The van der Waals surface area contributed by atoms with Crippen LogP contribution in [0.2, 0.25) is 0 Å². The SMILES string of the molecule is Cc1ccc(CN2CCN(c3ccc(NC(=O)CNC(=O)[C@H](CCCCNC(=N)N)NC(=O)[C@H](Cc4ccc(-c5ccccc5)cc4)NC(=O)[C@H](Cc4c[nH]c5ccc(O)cc45)NC(=O)CCCN)cc3)CC2)cc1. The fourth-order valence-corrected chi connectivity index (χ4v) is 9.08. The molecule has 1 saturated heterocycles. The van der Waals surface area contributed by atoms with E-state index in [4.69, 9.17) is 16.9 Å². The molecule has 2 heterocycles. The van der Waals surface area contributed by atoms with Crippen LogP contribution >= 0.6 is 0 Å². The van der Waals surface area contributed by atoms with Gasteiger partial charge in [-0.1, -0.05) is 84.4 Å². The number of carbonyl (C=O) groups is 5. The number of carbonyl (C=O) groups excluding carboxylic acids is 5. The maximum absolute atomic E-state index is 14.6. The Morgan fingerprint density at radius 2 is 1.36 bits per heavy atom. The predicted octanol–water partition coefficient (Wildman–Crippen LogP) is 4.56. The molecule has 7 rings (SSSR count). The lowest BCUT2D eigenvalue weighted by atomic mass is 9.99. The third kappa shape index (κ3) is 16.6. The third-order valence-corrected chi connectivity index (χ3v) is 13.3. The molecule has 3 atom stereocenters. The summed E-state index contributed by atoms with van der Waals surface area (Å²) in [6.07, 6.45) is 3.28. The highest BCUT2D eigenvalue weighted by atomic mass is 16.3. The van der Waals surface area contributed by atoms with Gasteiger partial charge in [0.25, 0.3) is 0 Å². The maximum atomic E-state index is 14.6. The van der Waals surface area contributed by atoms with Crippen LogP contribution in [0.5, 0.6) is 5.75 Å². The summed E-state index contributed by atoms with van der Waals surface area (Å²) in [5.41, 5.74) is 19.4. The highest BCUT2D eigenvalue weighted by Gasteiger charge is 2.31. The zero-order chi connectivity index (χ0) is 53.1. The van der Waals surface area contributed by atoms with Gasteiger partial charge in [0.05, 0.1) is 6.54 Å². The molecule has 394 valence electrons. The first-order valence-corrected chi connectivity index (χ1v) is 25.6. The number of phenolic OH excluding ortho intramolecular Hbond substituents is 1. The Morgan fingerprint density at radius 1 is 0.693 bits per heavy atom. The van der Waals surface area contributed by atoms with Gasteiger partial charge in [0.15, 0.2) is 5.96 Å². The zero-order valence-electron chi connectivity index (χ0n) is 42.5. The number of nitrogens with two attached hydrogens (primary N) is 2. The van der Waals surface area contributed by atoms with Crippen LogP contribution in [0.15, 0.2) is 128 Å². The van der Waals surface area contributed by atoms with Gasteiger partial charge in [-0.2, -0.15) is 0 Å². The van der Waals surface area contributed by atoms with Crippen molar-refractivity contribution in [2.45, 2.75) is 76.5 Å². The van der Waals surface area contributed by atoms with Crippen molar-refractivity contribution in [3.8, 4) is 16.9 Å². The zero-order valence-corrected chi connectivity index (χ0v) is 42.5. The van der Waals surface area contributed by atoms with Crippen molar-refractivity contribution in [1.29, 1.82) is 5.41 Å². The van der Waals surface area contributed by atoms with E-state index < -0.39 is 47.7 Å². The Kier molecular flexibility index (Phi) is 19.8. The molecule has 0 saturated carbocycles. The Hall–Kier alpha value is -8.22. The number of hydrogen-bond donors (Lipinski definition) is 11. The molecule has 1 aliphatic heterocycles. The van der Waals surface area contributed by atoms with Gasteiger partial charge in [-0.15, -0.1) is 0 Å². The molecule has 0 bridgehead atoms. The van der Waals surface area contributed by atoms with Crippen molar-refractivity contribution in [1.82, 2.24) is 36.5 Å². The highest BCUT2D eigenvalue weighted by Crippen LogP contribution is 2.25. The lowest BCUT2D eigenvalue weighted by Gasteiger charge is -2.36. The molecule has 1 aromatic heterocycles. The van der Waals surface area contributed by atoms with E-state index in [0.29, 0.717) is 48.0 Å². The smallest absolute Gasteiger partial charge is 0.243 e. The quantitative estimate of drug-likeness (QED) is 0.0215. The summed E-state index contributed by atoms with van der Waals surface area (Å²) in [5.74, 6) is -2.97. The van der Waals surface area contributed by atoms with Crippen LogP contribution in [-0.2, 0) is 43.4 Å². The molecule has 18 nitrogen and oxygen atoms in total. The second-order valence-electron chi connectivity index (χ2n) is 19.0. The van der Waals surface area contributed by atoms with Gasteiger partial charge in [0, 0.05) is 87.0 Å². The average molecular weight is 1020 g/mol. The second kappa shape index (κ2) is 27.2.